The Morgan fingerprint density at radius 1 is 1.00 bits per heavy atom. The van der Waals surface area contributed by atoms with Crippen molar-refractivity contribution in [1.82, 2.24) is 0 Å². The smallest absolute Gasteiger partial charge is 0.119 e. The van der Waals surface area contributed by atoms with Gasteiger partial charge in [0, 0.05) is 7.11 Å². The Kier molecular flexibility index (Phi) is 4.19. The van der Waals surface area contributed by atoms with E-state index in [1.54, 1.807) is 0 Å². The van der Waals surface area contributed by atoms with Gasteiger partial charge in [0.25, 0.3) is 0 Å². The maximum absolute atomic E-state index is 5.64. The van der Waals surface area contributed by atoms with Gasteiger partial charge in [-0.25, -0.2) is 0 Å². The van der Waals surface area contributed by atoms with Crippen LogP contribution in [-0.4, -0.2) is 19.3 Å². The normalized spacial score (nSPS) is 31.2. The average molecular weight is 262 g/mol. The highest BCUT2D eigenvalue weighted by Gasteiger charge is 2.38. The Morgan fingerprint density at radius 3 is 2.05 bits per heavy atom. The molecule has 2 heteroatoms. The number of ether oxygens (including phenoxy) is 2. The van der Waals surface area contributed by atoms with Crippen molar-refractivity contribution in [3.05, 3.63) is 29.8 Å². The minimum atomic E-state index is 0.0742. The fourth-order valence-corrected chi connectivity index (χ4v) is 2.94. The molecule has 0 bridgehead atoms. The lowest BCUT2D eigenvalue weighted by molar-refractivity contribution is -0.0374. The quantitative estimate of drug-likeness (QED) is 0.804. The number of benzene rings is 1. The lowest BCUT2D eigenvalue weighted by Gasteiger charge is -2.42. The van der Waals surface area contributed by atoms with Crippen LogP contribution in [0, 0.1) is 0 Å². The molecule has 0 unspecified atom stereocenters. The topological polar surface area (TPSA) is 18.5 Å². The molecule has 0 atom stereocenters. The third kappa shape index (κ3) is 3.11. The van der Waals surface area contributed by atoms with E-state index in [0.29, 0.717) is 0 Å². The van der Waals surface area contributed by atoms with Crippen molar-refractivity contribution in [3.8, 4) is 5.75 Å². The zero-order valence-electron chi connectivity index (χ0n) is 12.7. The summed E-state index contributed by atoms with van der Waals surface area (Å²) in [7, 11) is 1.83. The second-order valence-electron chi connectivity index (χ2n) is 6.17. The summed E-state index contributed by atoms with van der Waals surface area (Å²) in [6, 6.07) is 8.63. The van der Waals surface area contributed by atoms with Crippen LogP contribution >= 0.6 is 0 Å². The zero-order valence-corrected chi connectivity index (χ0v) is 12.7. The standard InChI is InChI=1S/C17H26O2/c1-5-19-15-8-6-14(7-9-15)16(2)10-12-17(3,18-4)13-11-16/h6-9H,5,10-13H2,1-4H3. The average Bonchev–Trinajstić information content (AvgIpc) is 2.44. The van der Waals surface area contributed by atoms with Gasteiger partial charge in [0.15, 0.2) is 0 Å². The molecule has 2 rings (SSSR count). The van der Waals surface area contributed by atoms with E-state index in [0.717, 1.165) is 25.2 Å². The molecule has 1 fully saturated rings. The second-order valence-corrected chi connectivity index (χ2v) is 6.17. The summed E-state index contributed by atoms with van der Waals surface area (Å²) in [5.41, 5.74) is 1.78. The second kappa shape index (κ2) is 5.54. The van der Waals surface area contributed by atoms with E-state index in [2.05, 4.69) is 38.1 Å². The van der Waals surface area contributed by atoms with Gasteiger partial charge in [0.2, 0.25) is 0 Å². The highest BCUT2D eigenvalue weighted by Crippen LogP contribution is 2.44. The fraction of sp³-hybridized carbons (Fsp3) is 0.647. The Balaban J connectivity index is 2.09. The Morgan fingerprint density at radius 2 is 1.58 bits per heavy atom. The molecule has 1 saturated carbocycles. The van der Waals surface area contributed by atoms with Gasteiger partial charge in [-0.3, -0.25) is 0 Å². The van der Waals surface area contributed by atoms with Crippen molar-refractivity contribution in [3.63, 3.8) is 0 Å². The molecule has 0 saturated heterocycles. The number of hydrogen-bond acceptors (Lipinski definition) is 2. The van der Waals surface area contributed by atoms with E-state index in [-0.39, 0.29) is 11.0 Å². The maximum atomic E-state index is 5.64. The number of methoxy groups -OCH3 is 1. The van der Waals surface area contributed by atoms with Crippen molar-refractivity contribution in [2.75, 3.05) is 13.7 Å². The lowest BCUT2D eigenvalue weighted by Crippen LogP contribution is -2.39. The first-order chi connectivity index (χ1) is 9.01. The zero-order chi connectivity index (χ0) is 13.9. The molecule has 0 N–H and O–H groups in total. The van der Waals surface area contributed by atoms with Crippen LogP contribution in [0.25, 0.3) is 0 Å². The molecule has 19 heavy (non-hydrogen) atoms. The molecule has 1 aliphatic carbocycles. The van der Waals surface area contributed by atoms with Crippen LogP contribution < -0.4 is 4.74 Å². The first-order valence-electron chi connectivity index (χ1n) is 7.30. The first kappa shape index (κ1) is 14.4. The minimum absolute atomic E-state index is 0.0742. The summed E-state index contributed by atoms with van der Waals surface area (Å²) in [4.78, 5) is 0. The van der Waals surface area contributed by atoms with Gasteiger partial charge in [-0.05, 0) is 62.6 Å². The maximum Gasteiger partial charge on any atom is 0.119 e. The monoisotopic (exact) mass is 262 g/mol. The summed E-state index contributed by atoms with van der Waals surface area (Å²) in [5.74, 6) is 0.965. The third-order valence-corrected chi connectivity index (χ3v) is 4.77. The van der Waals surface area contributed by atoms with Crippen LogP contribution in [-0.2, 0) is 10.2 Å². The van der Waals surface area contributed by atoms with Gasteiger partial charge >= 0.3 is 0 Å². The van der Waals surface area contributed by atoms with Gasteiger partial charge in [-0.1, -0.05) is 19.1 Å². The van der Waals surface area contributed by atoms with Gasteiger partial charge in [0.1, 0.15) is 5.75 Å². The van der Waals surface area contributed by atoms with Crippen LogP contribution in [0.5, 0.6) is 5.75 Å². The van der Waals surface area contributed by atoms with Crippen LogP contribution in [0.3, 0.4) is 0 Å². The predicted molar refractivity (Wildman–Crippen MR) is 78.8 cm³/mol. The molecule has 0 spiro atoms. The molecule has 106 valence electrons. The minimum Gasteiger partial charge on any atom is -0.494 e. The molecule has 0 aromatic heterocycles. The summed E-state index contributed by atoms with van der Waals surface area (Å²) in [6.45, 7) is 7.34. The molecule has 1 aromatic carbocycles. The largest absolute Gasteiger partial charge is 0.494 e. The fourth-order valence-electron chi connectivity index (χ4n) is 2.94. The Labute approximate surface area is 117 Å². The highest BCUT2D eigenvalue weighted by molar-refractivity contribution is 5.32. The molecule has 0 amide bonds. The van der Waals surface area contributed by atoms with Crippen molar-refractivity contribution in [2.24, 2.45) is 0 Å². The van der Waals surface area contributed by atoms with E-state index in [1.165, 1.54) is 18.4 Å². The molecular formula is C17H26O2. The van der Waals surface area contributed by atoms with Crippen LogP contribution in [0.4, 0.5) is 0 Å². The first-order valence-corrected chi connectivity index (χ1v) is 7.30. The van der Waals surface area contributed by atoms with Crippen LogP contribution in [0.2, 0.25) is 0 Å². The van der Waals surface area contributed by atoms with Crippen molar-refractivity contribution in [2.45, 2.75) is 57.5 Å². The SMILES string of the molecule is CCOc1ccc(C2(C)CCC(C)(OC)CC2)cc1. The highest BCUT2D eigenvalue weighted by atomic mass is 16.5. The molecule has 2 nitrogen and oxygen atoms in total. The summed E-state index contributed by atoms with van der Waals surface area (Å²) in [5, 5.41) is 0. The van der Waals surface area contributed by atoms with Crippen molar-refractivity contribution < 1.29 is 9.47 Å². The Hall–Kier alpha value is -1.02. The summed E-state index contributed by atoms with van der Waals surface area (Å²) >= 11 is 0. The van der Waals surface area contributed by atoms with E-state index in [1.807, 2.05) is 14.0 Å². The molecular weight excluding hydrogens is 236 g/mol. The lowest BCUT2D eigenvalue weighted by atomic mass is 9.67. The Bertz CT molecular complexity index is 400. The summed E-state index contributed by atoms with van der Waals surface area (Å²) < 4.78 is 11.2. The molecule has 0 heterocycles. The van der Waals surface area contributed by atoms with E-state index in [9.17, 15) is 0 Å². The molecule has 0 radical (unpaired) electrons. The van der Waals surface area contributed by atoms with E-state index in [4.69, 9.17) is 9.47 Å². The predicted octanol–water partition coefficient (Wildman–Crippen LogP) is 4.32. The van der Waals surface area contributed by atoms with Gasteiger partial charge in [-0.2, -0.15) is 0 Å². The molecule has 1 aromatic rings. The summed E-state index contributed by atoms with van der Waals surface area (Å²) in [6.07, 6.45) is 4.64. The van der Waals surface area contributed by atoms with Gasteiger partial charge < -0.3 is 9.47 Å². The van der Waals surface area contributed by atoms with Crippen molar-refractivity contribution in [1.29, 1.82) is 0 Å². The van der Waals surface area contributed by atoms with E-state index < -0.39 is 0 Å². The van der Waals surface area contributed by atoms with Gasteiger partial charge in [0.05, 0.1) is 12.2 Å². The van der Waals surface area contributed by atoms with Crippen LogP contribution in [0.15, 0.2) is 24.3 Å². The number of rotatable bonds is 4. The number of hydrogen-bond donors (Lipinski definition) is 0. The van der Waals surface area contributed by atoms with Crippen LogP contribution in [0.1, 0.15) is 52.0 Å². The van der Waals surface area contributed by atoms with Crippen molar-refractivity contribution >= 4 is 0 Å². The van der Waals surface area contributed by atoms with E-state index >= 15 is 0 Å². The molecule has 1 aliphatic rings. The third-order valence-electron chi connectivity index (χ3n) is 4.77. The molecule has 0 aliphatic heterocycles. The van der Waals surface area contributed by atoms with Gasteiger partial charge in [-0.15, -0.1) is 0 Å².